The number of aliphatic hydroxyl groups excluding tert-OH is 1. The van der Waals surface area contributed by atoms with Gasteiger partial charge in [-0.3, -0.25) is 0 Å². The van der Waals surface area contributed by atoms with Gasteiger partial charge in [0.15, 0.2) is 0 Å². The minimum Gasteiger partial charge on any atom is -0.508 e. The van der Waals surface area contributed by atoms with E-state index in [0.717, 1.165) is 0 Å². The van der Waals surface area contributed by atoms with E-state index in [9.17, 15) is 14.6 Å². The molecule has 2 atom stereocenters. The molecule has 0 heterocycles. The van der Waals surface area contributed by atoms with Gasteiger partial charge in [0.2, 0.25) is 0 Å². The molecular weight excluding hydrogens is 197 g/mol. The number of nitrogens with one attached hydrogen (secondary N) is 1. The Morgan fingerprint density at radius 2 is 2.13 bits per heavy atom. The number of rotatable bonds is 4. The summed E-state index contributed by atoms with van der Waals surface area (Å²) in [7, 11) is 1.72. The van der Waals surface area contributed by atoms with Gasteiger partial charge in [0, 0.05) is 12.1 Å². The van der Waals surface area contributed by atoms with Crippen molar-refractivity contribution in [2.45, 2.75) is 19.2 Å². The number of hydrogen-bond acceptors (Lipinski definition) is 3. The Morgan fingerprint density at radius 1 is 1.47 bits per heavy atom. The van der Waals surface area contributed by atoms with Crippen molar-refractivity contribution >= 4 is 0 Å². The maximum atomic E-state index is 13.1. The molecule has 0 saturated heterocycles. The predicted octanol–water partition coefficient (Wildman–Crippen LogP) is 1.68. The number of aliphatic hydroxyl groups is 1. The third-order valence-electron chi connectivity index (χ3n) is 2.26. The summed E-state index contributed by atoms with van der Waals surface area (Å²) in [4.78, 5) is 0. The largest absolute Gasteiger partial charge is 0.508 e. The fraction of sp³-hybridized carbons (Fsp3) is 0.455. The van der Waals surface area contributed by atoms with Gasteiger partial charge >= 0.3 is 0 Å². The van der Waals surface area contributed by atoms with Gasteiger partial charge in [0.25, 0.3) is 0 Å². The van der Waals surface area contributed by atoms with Gasteiger partial charge < -0.3 is 15.5 Å². The first-order valence-electron chi connectivity index (χ1n) is 4.85. The lowest BCUT2D eigenvalue weighted by Crippen LogP contribution is -2.16. The highest BCUT2D eigenvalue weighted by Crippen LogP contribution is 2.29. The zero-order chi connectivity index (χ0) is 11.4. The van der Waals surface area contributed by atoms with E-state index >= 15 is 0 Å². The fourth-order valence-electron chi connectivity index (χ4n) is 1.41. The Kier molecular flexibility index (Phi) is 4.05. The average Bonchev–Trinajstić information content (AvgIpc) is 2.18. The summed E-state index contributed by atoms with van der Waals surface area (Å²) in [5.74, 6) is -0.0783. The average molecular weight is 213 g/mol. The molecule has 0 fully saturated rings. The summed E-state index contributed by atoms with van der Waals surface area (Å²) >= 11 is 0. The Hall–Kier alpha value is -1.13. The van der Waals surface area contributed by atoms with Crippen LogP contribution in [0.3, 0.4) is 0 Å². The minimum absolute atomic E-state index is 0.0783. The van der Waals surface area contributed by atoms with Crippen LogP contribution in [-0.4, -0.2) is 23.8 Å². The van der Waals surface area contributed by atoms with Crippen molar-refractivity contribution in [3.63, 3.8) is 0 Å². The summed E-state index contributed by atoms with van der Waals surface area (Å²) in [6.07, 6.45) is -1.93. The van der Waals surface area contributed by atoms with Crippen molar-refractivity contribution in [2.75, 3.05) is 13.6 Å². The Labute approximate surface area is 88.6 Å². The van der Waals surface area contributed by atoms with Gasteiger partial charge in [-0.2, -0.15) is 0 Å². The molecule has 0 aliphatic heterocycles. The molecular formula is C11H16FNO2. The quantitative estimate of drug-likeness (QED) is 0.713. The second kappa shape index (κ2) is 5.09. The van der Waals surface area contributed by atoms with Crippen LogP contribution in [0, 0.1) is 0 Å². The highest BCUT2D eigenvalue weighted by atomic mass is 19.1. The van der Waals surface area contributed by atoms with Crippen molar-refractivity contribution in [1.82, 2.24) is 5.32 Å². The fourth-order valence-corrected chi connectivity index (χ4v) is 1.41. The van der Waals surface area contributed by atoms with Crippen LogP contribution >= 0.6 is 0 Å². The first-order chi connectivity index (χ1) is 7.06. The van der Waals surface area contributed by atoms with Crippen molar-refractivity contribution in [2.24, 2.45) is 0 Å². The predicted molar refractivity (Wildman–Crippen MR) is 56.5 cm³/mol. The molecule has 0 bridgehead atoms. The Morgan fingerprint density at radius 3 is 2.67 bits per heavy atom. The van der Waals surface area contributed by atoms with Crippen molar-refractivity contribution in [3.8, 4) is 5.75 Å². The maximum Gasteiger partial charge on any atom is 0.126 e. The minimum atomic E-state index is -1.24. The molecule has 84 valence electrons. The second-order valence-corrected chi connectivity index (χ2v) is 3.51. The van der Waals surface area contributed by atoms with E-state index in [-0.39, 0.29) is 11.3 Å². The van der Waals surface area contributed by atoms with E-state index in [2.05, 4.69) is 5.32 Å². The molecule has 15 heavy (non-hydrogen) atoms. The molecule has 0 aromatic heterocycles. The number of hydrogen-bond donors (Lipinski definition) is 3. The first-order valence-corrected chi connectivity index (χ1v) is 4.85. The molecule has 0 radical (unpaired) electrons. The monoisotopic (exact) mass is 213 g/mol. The number of likely N-dealkylation sites (N-methyl/N-ethyl adjacent to an activating group) is 1. The van der Waals surface area contributed by atoms with Crippen molar-refractivity contribution < 1.29 is 14.6 Å². The van der Waals surface area contributed by atoms with Gasteiger partial charge in [-0.15, -0.1) is 0 Å². The van der Waals surface area contributed by atoms with Crippen LogP contribution in [0.15, 0.2) is 18.2 Å². The Balaban J connectivity index is 2.96. The van der Waals surface area contributed by atoms with E-state index in [1.807, 2.05) is 0 Å². The Bertz CT molecular complexity index is 328. The molecule has 0 aliphatic rings. The maximum absolute atomic E-state index is 13.1. The van der Waals surface area contributed by atoms with Crippen molar-refractivity contribution in [3.05, 3.63) is 29.3 Å². The van der Waals surface area contributed by atoms with E-state index in [1.54, 1.807) is 13.1 Å². The third kappa shape index (κ3) is 2.91. The molecule has 4 heteroatoms. The highest BCUT2D eigenvalue weighted by Gasteiger charge is 2.13. The zero-order valence-corrected chi connectivity index (χ0v) is 8.87. The first kappa shape index (κ1) is 11.9. The van der Waals surface area contributed by atoms with Gasteiger partial charge in [-0.05, 0) is 31.7 Å². The van der Waals surface area contributed by atoms with Crippen LogP contribution in [0.5, 0.6) is 5.75 Å². The molecule has 3 N–H and O–H groups in total. The van der Waals surface area contributed by atoms with Gasteiger partial charge in [0.1, 0.15) is 11.9 Å². The highest BCUT2D eigenvalue weighted by molar-refractivity contribution is 5.38. The summed E-state index contributed by atoms with van der Waals surface area (Å²) in [6, 6.07) is 4.48. The molecule has 1 rings (SSSR count). The van der Waals surface area contributed by atoms with Crippen LogP contribution in [0.2, 0.25) is 0 Å². The topological polar surface area (TPSA) is 52.5 Å². The lowest BCUT2D eigenvalue weighted by atomic mass is 10.0. The molecule has 2 unspecified atom stereocenters. The molecule has 0 saturated carbocycles. The lowest BCUT2D eigenvalue weighted by Gasteiger charge is -2.13. The lowest BCUT2D eigenvalue weighted by molar-refractivity contribution is 0.177. The molecule has 3 nitrogen and oxygen atoms in total. The number of benzene rings is 1. The number of halogens is 1. The summed E-state index contributed by atoms with van der Waals surface area (Å²) in [5.41, 5.74) is 0.810. The zero-order valence-electron chi connectivity index (χ0n) is 8.87. The van der Waals surface area contributed by atoms with Crippen LogP contribution in [0.4, 0.5) is 4.39 Å². The van der Waals surface area contributed by atoms with E-state index in [1.165, 1.54) is 19.1 Å². The second-order valence-electron chi connectivity index (χ2n) is 3.51. The van der Waals surface area contributed by atoms with Crippen LogP contribution < -0.4 is 5.32 Å². The summed E-state index contributed by atoms with van der Waals surface area (Å²) in [6.45, 7) is 1.74. The molecule has 1 aromatic rings. The number of aromatic hydroxyl groups is 1. The van der Waals surface area contributed by atoms with E-state index in [0.29, 0.717) is 12.1 Å². The number of phenols is 1. The smallest absolute Gasteiger partial charge is 0.126 e. The molecule has 0 aliphatic carbocycles. The standard InChI is InChI=1S/C11H16FNO2/c1-7(12)9-5-8(3-4-10(9)14)11(15)6-13-2/h3-5,7,11,13-15H,6H2,1-2H3. The number of alkyl halides is 1. The van der Waals surface area contributed by atoms with Gasteiger partial charge in [0.05, 0.1) is 6.10 Å². The van der Waals surface area contributed by atoms with Gasteiger partial charge in [-0.1, -0.05) is 6.07 Å². The van der Waals surface area contributed by atoms with Crippen LogP contribution in [0.1, 0.15) is 30.3 Å². The third-order valence-corrected chi connectivity index (χ3v) is 2.26. The molecule has 0 spiro atoms. The number of phenolic OH excluding ortho intramolecular Hbond substituents is 1. The van der Waals surface area contributed by atoms with Crippen LogP contribution in [-0.2, 0) is 0 Å². The summed E-state index contributed by atoms with van der Waals surface area (Å²) < 4.78 is 13.1. The normalized spacial score (nSPS) is 14.9. The van der Waals surface area contributed by atoms with Crippen molar-refractivity contribution in [1.29, 1.82) is 0 Å². The molecule has 1 aromatic carbocycles. The molecule has 0 amide bonds. The van der Waals surface area contributed by atoms with Crippen LogP contribution in [0.25, 0.3) is 0 Å². The van der Waals surface area contributed by atoms with Gasteiger partial charge in [-0.25, -0.2) is 4.39 Å². The SMILES string of the molecule is CNCC(O)c1ccc(O)c(C(C)F)c1. The summed E-state index contributed by atoms with van der Waals surface area (Å²) in [5, 5.41) is 21.9. The van der Waals surface area contributed by atoms with E-state index in [4.69, 9.17) is 0 Å². The van der Waals surface area contributed by atoms with E-state index < -0.39 is 12.3 Å².